The average Bonchev–Trinajstić information content (AvgIpc) is 2.68. The summed E-state index contributed by atoms with van der Waals surface area (Å²) in [6.45, 7) is 1.62. The van der Waals surface area contributed by atoms with E-state index in [1.165, 1.54) is 14.2 Å². The van der Waals surface area contributed by atoms with Gasteiger partial charge in [-0.2, -0.15) is 0 Å². The van der Waals surface area contributed by atoms with Gasteiger partial charge in [-0.25, -0.2) is 4.79 Å². The molecule has 0 spiro atoms. The summed E-state index contributed by atoms with van der Waals surface area (Å²) >= 11 is 0. The number of esters is 1. The van der Waals surface area contributed by atoms with Crippen molar-refractivity contribution in [3.8, 4) is 0 Å². The van der Waals surface area contributed by atoms with Crippen LogP contribution in [0.2, 0.25) is 0 Å². The highest BCUT2D eigenvalue weighted by Gasteiger charge is 2.30. The lowest BCUT2D eigenvalue weighted by Gasteiger charge is -2.15. The number of nitrogens with zero attached hydrogens (tertiary/aromatic N) is 1. The van der Waals surface area contributed by atoms with Crippen LogP contribution in [0.1, 0.15) is 11.1 Å². The molecule has 2 rings (SSSR count). The molecule has 0 aliphatic rings. The lowest BCUT2D eigenvalue weighted by molar-refractivity contribution is -0.152. The first-order chi connectivity index (χ1) is 12.6. The number of rotatable bonds is 7. The summed E-state index contributed by atoms with van der Waals surface area (Å²) in [5.41, 5.74) is 2.35. The van der Waals surface area contributed by atoms with Gasteiger partial charge in [-0.3, -0.25) is 4.99 Å². The maximum Gasteiger partial charge on any atom is 0.339 e. The molecule has 0 heterocycles. The molecule has 6 heteroatoms. The number of hydrogen-bond donors (Lipinski definition) is 0. The van der Waals surface area contributed by atoms with Crippen LogP contribution in [0.15, 0.2) is 65.7 Å². The topological polar surface area (TPSA) is 71.0 Å². The van der Waals surface area contributed by atoms with Gasteiger partial charge in [-0.05, 0) is 0 Å². The molecular formula is C20H22NO4P. The van der Waals surface area contributed by atoms with Gasteiger partial charge in [0.2, 0.25) is 6.04 Å². The summed E-state index contributed by atoms with van der Waals surface area (Å²) in [4.78, 5) is 29.3. The summed E-state index contributed by atoms with van der Waals surface area (Å²) in [6.07, 6.45) is 0. The number of carbonyl (C=O) groups is 1. The third-order valence-electron chi connectivity index (χ3n) is 3.79. The highest BCUT2D eigenvalue weighted by Crippen LogP contribution is 2.18. The van der Waals surface area contributed by atoms with Crippen LogP contribution in [-0.4, -0.2) is 50.5 Å². The molecule has 0 aromatic heterocycles. The Bertz CT molecular complexity index is 742. The molecule has 0 bridgehead atoms. The van der Waals surface area contributed by atoms with Gasteiger partial charge in [-0.1, -0.05) is 60.7 Å². The molecular weight excluding hydrogens is 349 g/mol. The predicted molar refractivity (Wildman–Crippen MR) is 104 cm³/mol. The van der Waals surface area contributed by atoms with Crippen LogP contribution in [0.4, 0.5) is 0 Å². The first-order valence-electron chi connectivity index (χ1n) is 8.10. The van der Waals surface area contributed by atoms with Crippen LogP contribution >= 0.6 is 7.77 Å². The van der Waals surface area contributed by atoms with Crippen molar-refractivity contribution in [2.45, 2.75) is 6.04 Å². The molecule has 26 heavy (non-hydrogen) atoms. The minimum Gasteiger partial charge on any atom is -0.631 e. The number of ether oxygens (including phenoxy) is 2. The molecule has 2 atom stereocenters. The van der Waals surface area contributed by atoms with E-state index in [-0.39, 0.29) is 6.61 Å². The Morgan fingerprint density at radius 1 is 1.04 bits per heavy atom. The molecule has 0 amide bonds. The van der Waals surface area contributed by atoms with E-state index in [0.717, 1.165) is 11.1 Å². The van der Waals surface area contributed by atoms with Gasteiger partial charge in [0.15, 0.2) is 5.29 Å². The van der Waals surface area contributed by atoms with Crippen LogP contribution < -0.4 is 4.89 Å². The summed E-state index contributed by atoms with van der Waals surface area (Å²) in [5.74, 6) is -0.563. The van der Waals surface area contributed by atoms with E-state index in [0.29, 0.717) is 11.0 Å². The zero-order valence-corrected chi connectivity index (χ0v) is 16.0. The first kappa shape index (κ1) is 20.0. The second-order valence-corrected chi connectivity index (χ2v) is 7.13. The number of carbonyl (C=O) groups excluding carboxylic acids is 1. The molecule has 1 unspecified atom stereocenters. The normalized spacial score (nSPS) is 12.8. The Labute approximate surface area is 154 Å². The summed E-state index contributed by atoms with van der Waals surface area (Å²) < 4.78 is 10.0. The minimum absolute atomic E-state index is 0.0752. The molecule has 2 aromatic rings. The van der Waals surface area contributed by atoms with E-state index in [4.69, 9.17) is 9.47 Å². The Balaban J connectivity index is 2.64. The Morgan fingerprint density at radius 2 is 1.54 bits per heavy atom. The van der Waals surface area contributed by atoms with Crippen LogP contribution in [-0.2, 0) is 14.3 Å². The van der Waals surface area contributed by atoms with Gasteiger partial charge < -0.3 is 14.4 Å². The summed E-state index contributed by atoms with van der Waals surface area (Å²) in [6, 6.07) is 18.1. The van der Waals surface area contributed by atoms with E-state index in [1.807, 2.05) is 60.7 Å². The molecule has 0 saturated heterocycles. The van der Waals surface area contributed by atoms with Crippen molar-refractivity contribution in [1.29, 1.82) is 0 Å². The van der Waals surface area contributed by atoms with Crippen molar-refractivity contribution in [3.63, 3.8) is 0 Å². The fourth-order valence-corrected chi connectivity index (χ4v) is 3.32. The fraction of sp³-hybridized carbons (Fsp3) is 0.250. The van der Waals surface area contributed by atoms with Crippen LogP contribution in [0.5, 0.6) is 0 Å². The second-order valence-electron chi connectivity index (χ2n) is 5.56. The summed E-state index contributed by atoms with van der Waals surface area (Å²) in [5, 5.41) is 0.402. The summed E-state index contributed by atoms with van der Waals surface area (Å²) in [7, 11) is 1.00. The number of hydrogen-bond acceptors (Lipinski definition) is 5. The van der Waals surface area contributed by atoms with Crippen LogP contribution in [0.25, 0.3) is 0 Å². The molecule has 0 saturated carbocycles. The average molecular weight is 371 g/mol. The molecule has 136 valence electrons. The van der Waals surface area contributed by atoms with Gasteiger partial charge in [0.1, 0.15) is 6.61 Å². The van der Waals surface area contributed by atoms with Crippen LogP contribution in [0, 0.1) is 0 Å². The lowest BCUT2D eigenvalue weighted by Crippen LogP contribution is -2.34. The molecule has 0 aliphatic heterocycles. The molecule has 5 nitrogen and oxygen atoms in total. The van der Waals surface area contributed by atoms with Gasteiger partial charge in [0.25, 0.3) is 0 Å². The third-order valence-corrected chi connectivity index (χ3v) is 4.97. The Morgan fingerprint density at radius 3 is 1.92 bits per heavy atom. The highest BCUT2D eigenvalue weighted by molar-refractivity contribution is 7.51. The number of methoxy groups -OCH3 is 2. The van der Waals surface area contributed by atoms with Gasteiger partial charge in [0, 0.05) is 18.2 Å². The number of benzene rings is 2. The minimum atomic E-state index is -1.78. The monoisotopic (exact) mass is 371 g/mol. The first-order valence-corrected chi connectivity index (χ1v) is 9.81. The second kappa shape index (κ2) is 9.97. The van der Waals surface area contributed by atoms with Gasteiger partial charge in [-0.15, -0.1) is 0 Å². The highest BCUT2D eigenvalue weighted by atomic mass is 31.1. The zero-order valence-electron chi connectivity index (χ0n) is 15.1. The van der Waals surface area contributed by atoms with Crippen molar-refractivity contribution >= 4 is 24.7 Å². The van der Waals surface area contributed by atoms with Crippen molar-refractivity contribution in [2.75, 3.05) is 27.5 Å². The van der Waals surface area contributed by atoms with Gasteiger partial charge >= 0.3 is 5.97 Å². The van der Waals surface area contributed by atoms with Crippen molar-refractivity contribution in [3.05, 3.63) is 71.8 Å². The van der Waals surface area contributed by atoms with E-state index in [2.05, 4.69) is 4.99 Å². The van der Waals surface area contributed by atoms with Crippen molar-refractivity contribution < 1.29 is 19.2 Å². The van der Waals surface area contributed by atoms with Crippen molar-refractivity contribution in [1.82, 2.24) is 0 Å². The molecule has 0 radical (unpaired) electrons. The van der Waals surface area contributed by atoms with E-state index in [1.54, 1.807) is 6.66 Å². The SMILES string of the molecule is COCC([C@@H](N=C(c1ccccc1)c1ccccc1)C(=O)OC)=[P+](C)[O-]. The maximum absolute atomic E-state index is 12.4. The molecule has 0 aliphatic carbocycles. The number of aliphatic imine (C=N–C) groups is 1. The molecule has 0 fully saturated rings. The fourth-order valence-electron chi connectivity index (χ4n) is 2.50. The zero-order chi connectivity index (χ0) is 18.9. The van der Waals surface area contributed by atoms with Crippen LogP contribution in [0.3, 0.4) is 0 Å². The predicted octanol–water partition coefficient (Wildman–Crippen LogP) is 2.27. The molecule has 2 aromatic carbocycles. The standard InChI is InChI=1S/C20H22NO4P/c1-24-14-17(26(3)23)19(20(22)25-2)21-18(15-10-6-4-7-11-15)16-12-8-5-9-13-16/h4-13,19H,14H2,1-3H3/t19-/m1/s1. The molecule has 0 N–H and O–H groups in total. The maximum atomic E-state index is 12.4. The largest absolute Gasteiger partial charge is 0.631 e. The Hall–Kier alpha value is -2.33. The van der Waals surface area contributed by atoms with E-state index >= 15 is 0 Å². The quantitative estimate of drug-likeness (QED) is 0.425. The van der Waals surface area contributed by atoms with E-state index < -0.39 is 19.8 Å². The van der Waals surface area contributed by atoms with Crippen molar-refractivity contribution in [2.24, 2.45) is 4.99 Å². The third kappa shape index (κ3) is 5.09. The smallest absolute Gasteiger partial charge is 0.339 e. The lowest BCUT2D eigenvalue weighted by atomic mass is 10.0. The Kier molecular flexibility index (Phi) is 7.67. The van der Waals surface area contributed by atoms with Gasteiger partial charge in [0.05, 0.1) is 27.3 Å². The van der Waals surface area contributed by atoms with E-state index in [9.17, 15) is 9.69 Å².